The van der Waals surface area contributed by atoms with Gasteiger partial charge in [0.25, 0.3) is 0 Å². The fourth-order valence-electron chi connectivity index (χ4n) is 2.45. The van der Waals surface area contributed by atoms with E-state index in [0.717, 1.165) is 16.8 Å². The molecule has 0 saturated carbocycles. The van der Waals surface area contributed by atoms with E-state index < -0.39 is 10.0 Å². The minimum absolute atomic E-state index is 0.109. The number of hydrogen-bond donors (Lipinski definition) is 2. The first-order valence-corrected chi connectivity index (χ1v) is 9.84. The van der Waals surface area contributed by atoms with Crippen LogP contribution in [-0.2, 0) is 16.4 Å². The number of nitrogens with one attached hydrogen (secondary N) is 1. The molecule has 0 amide bonds. The number of sulfonamides is 1. The summed E-state index contributed by atoms with van der Waals surface area (Å²) in [6.45, 7) is 0. The summed E-state index contributed by atoms with van der Waals surface area (Å²) >= 11 is 0. The normalized spacial score (nSPS) is 11.2. The first-order valence-electron chi connectivity index (χ1n) is 8.13. The Kier molecular flexibility index (Phi) is 5.63. The third kappa shape index (κ3) is 5.47. The summed E-state index contributed by atoms with van der Waals surface area (Å²) < 4.78 is 27.5. The molecule has 1 aromatic heterocycles. The van der Waals surface area contributed by atoms with Crippen LogP contribution in [0.15, 0.2) is 54.9 Å². The van der Waals surface area contributed by atoms with Gasteiger partial charge in [-0.25, -0.2) is 23.5 Å². The molecule has 0 saturated heterocycles. The monoisotopic (exact) mass is 385 g/mol. The van der Waals surface area contributed by atoms with Gasteiger partial charge in [0.2, 0.25) is 16.0 Å². The molecular weight excluding hydrogens is 366 g/mol. The van der Waals surface area contributed by atoms with Gasteiger partial charge >= 0.3 is 0 Å². The van der Waals surface area contributed by atoms with E-state index in [1.807, 2.05) is 48.5 Å². The van der Waals surface area contributed by atoms with Gasteiger partial charge in [-0.3, -0.25) is 0 Å². The second-order valence-corrected chi connectivity index (χ2v) is 7.54. The predicted octanol–water partition coefficient (Wildman–Crippen LogP) is 2.12. The Bertz CT molecular complexity index is 1040. The van der Waals surface area contributed by atoms with E-state index >= 15 is 0 Å². The van der Waals surface area contributed by atoms with Crippen LogP contribution in [0.5, 0.6) is 5.75 Å². The lowest BCUT2D eigenvalue weighted by Gasteiger charge is -2.08. The summed E-state index contributed by atoms with van der Waals surface area (Å²) in [4.78, 5) is 12.8. The first kappa shape index (κ1) is 18.7. The van der Waals surface area contributed by atoms with Crippen molar-refractivity contribution in [2.75, 3.05) is 18.2 Å². The standard InChI is InChI=1S/C18H19N5O3S/c1-26-16-7-3-5-14(11-16)17-20-12-21-18(23-17)22-15-6-2-4-13(10-15)8-9-27(19,24)25/h2-7,10-12H,8-9H2,1H3,(H2,19,24,25)(H,20,21,22,23). The van der Waals surface area contributed by atoms with E-state index in [2.05, 4.69) is 20.3 Å². The maximum absolute atomic E-state index is 11.1. The third-order valence-electron chi connectivity index (χ3n) is 3.76. The van der Waals surface area contributed by atoms with Crippen molar-refractivity contribution < 1.29 is 13.2 Å². The smallest absolute Gasteiger partial charge is 0.230 e. The minimum atomic E-state index is -3.50. The highest BCUT2D eigenvalue weighted by atomic mass is 32.2. The van der Waals surface area contributed by atoms with Gasteiger partial charge < -0.3 is 10.1 Å². The highest BCUT2D eigenvalue weighted by Gasteiger charge is 2.07. The number of nitrogens with zero attached hydrogens (tertiary/aromatic N) is 3. The summed E-state index contributed by atoms with van der Waals surface area (Å²) in [5, 5.41) is 8.16. The maximum atomic E-state index is 11.1. The van der Waals surface area contributed by atoms with Crippen LogP contribution in [0.25, 0.3) is 11.4 Å². The number of benzene rings is 2. The molecule has 3 N–H and O–H groups in total. The zero-order valence-corrected chi connectivity index (χ0v) is 15.5. The molecule has 3 aromatic rings. The van der Waals surface area contributed by atoms with Crippen LogP contribution in [-0.4, -0.2) is 36.2 Å². The van der Waals surface area contributed by atoms with Crippen molar-refractivity contribution in [3.05, 3.63) is 60.4 Å². The number of primary sulfonamides is 1. The fraction of sp³-hybridized carbons (Fsp3) is 0.167. The largest absolute Gasteiger partial charge is 0.497 e. The van der Waals surface area contributed by atoms with E-state index in [0.29, 0.717) is 23.9 Å². The van der Waals surface area contributed by atoms with Gasteiger partial charge in [0.05, 0.1) is 12.9 Å². The van der Waals surface area contributed by atoms with Gasteiger partial charge in [0.15, 0.2) is 5.82 Å². The van der Waals surface area contributed by atoms with Crippen molar-refractivity contribution in [3.8, 4) is 17.1 Å². The lowest BCUT2D eigenvalue weighted by atomic mass is 10.1. The van der Waals surface area contributed by atoms with Gasteiger partial charge in [-0.1, -0.05) is 24.3 Å². The van der Waals surface area contributed by atoms with Crippen molar-refractivity contribution in [2.45, 2.75) is 6.42 Å². The fourth-order valence-corrected chi connectivity index (χ4v) is 2.97. The van der Waals surface area contributed by atoms with Crippen LogP contribution in [0, 0.1) is 0 Å². The Balaban J connectivity index is 1.78. The topological polar surface area (TPSA) is 120 Å². The van der Waals surface area contributed by atoms with Crippen molar-refractivity contribution >= 4 is 21.7 Å². The number of aryl methyl sites for hydroxylation is 1. The van der Waals surface area contributed by atoms with Gasteiger partial charge in [0.1, 0.15) is 12.1 Å². The van der Waals surface area contributed by atoms with Gasteiger partial charge in [0, 0.05) is 11.3 Å². The molecule has 0 unspecified atom stereocenters. The zero-order valence-electron chi connectivity index (χ0n) is 14.7. The molecule has 27 heavy (non-hydrogen) atoms. The van der Waals surface area contributed by atoms with E-state index in [-0.39, 0.29) is 5.75 Å². The van der Waals surface area contributed by atoms with Crippen LogP contribution in [0.4, 0.5) is 11.6 Å². The quantitative estimate of drug-likeness (QED) is 0.639. The summed E-state index contributed by atoms with van der Waals surface area (Å²) in [7, 11) is -1.90. The lowest BCUT2D eigenvalue weighted by Crippen LogP contribution is -2.17. The Hall–Kier alpha value is -3.04. The molecule has 1 heterocycles. The first-order chi connectivity index (χ1) is 12.9. The second-order valence-electron chi connectivity index (χ2n) is 5.81. The maximum Gasteiger partial charge on any atom is 0.230 e. The van der Waals surface area contributed by atoms with Crippen LogP contribution in [0.3, 0.4) is 0 Å². The minimum Gasteiger partial charge on any atom is -0.497 e. The Labute approximate surface area is 157 Å². The van der Waals surface area contributed by atoms with Crippen LogP contribution < -0.4 is 15.2 Å². The van der Waals surface area contributed by atoms with Crippen molar-refractivity contribution in [2.24, 2.45) is 5.14 Å². The molecule has 140 valence electrons. The molecule has 8 nitrogen and oxygen atoms in total. The molecule has 0 atom stereocenters. The Morgan fingerprint density at radius 1 is 1.11 bits per heavy atom. The van der Waals surface area contributed by atoms with E-state index in [1.54, 1.807) is 7.11 Å². The molecule has 3 rings (SSSR count). The molecule has 2 aromatic carbocycles. The van der Waals surface area contributed by atoms with E-state index in [9.17, 15) is 8.42 Å². The van der Waals surface area contributed by atoms with Crippen molar-refractivity contribution in [1.29, 1.82) is 0 Å². The summed E-state index contributed by atoms with van der Waals surface area (Å²) in [6.07, 6.45) is 1.76. The van der Waals surface area contributed by atoms with Gasteiger partial charge in [-0.2, -0.15) is 4.98 Å². The average Bonchev–Trinajstić information content (AvgIpc) is 2.66. The average molecular weight is 385 g/mol. The predicted molar refractivity (Wildman–Crippen MR) is 103 cm³/mol. The number of ether oxygens (including phenoxy) is 1. The molecule has 9 heteroatoms. The van der Waals surface area contributed by atoms with Gasteiger partial charge in [-0.05, 0) is 36.2 Å². The number of nitrogens with two attached hydrogens (primary N) is 1. The molecule has 0 bridgehead atoms. The van der Waals surface area contributed by atoms with Crippen LogP contribution in [0.1, 0.15) is 5.56 Å². The zero-order chi connectivity index (χ0) is 19.3. The van der Waals surface area contributed by atoms with E-state index in [1.165, 1.54) is 6.33 Å². The van der Waals surface area contributed by atoms with Crippen LogP contribution >= 0.6 is 0 Å². The van der Waals surface area contributed by atoms with Crippen molar-refractivity contribution in [1.82, 2.24) is 15.0 Å². The Morgan fingerprint density at radius 3 is 2.70 bits per heavy atom. The summed E-state index contributed by atoms with van der Waals surface area (Å²) in [5.41, 5.74) is 2.39. The number of hydrogen-bond acceptors (Lipinski definition) is 7. The van der Waals surface area contributed by atoms with E-state index in [4.69, 9.17) is 9.88 Å². The SMILES string of the molecule is COc1cccc(-c2ncnc(Nc3cccc(CCS(N)(=O)=O)c3)n2)c1. The number of anilines is 2. The number of methoxy groups -OCH3 is 1. The molecule has 0 fully saturated rings. The third-order valence-corrected chi connectivity index (χ3v) is 4.53. The van der Waals surface area contributed by atoms with Gasteiger partial charge in [-0.15, -0.1) is 0 Å². The molecule has 0 aliphatic heterocycles. The molecule has 0 aliphatic rings. The molecule has 0 radical (unpaired) electrons. The number of rotatable bonds is 7. The van der Waals surface area contributed by atoms with Crippen LogP contribution in [0.2, 0.25) is 0 Å². The molecule has 0 spiro atoms. The highest BCUT2D eigenvalue weighted by Crippen LogP contribution is 2.22. The lowest BCUT2D eigenvalue weighted by molar-refractivity contribution is 0.415. The Morgan fingerprint density at radius 2 is 1.93 bits per heavy atom. The highest BCUT2D eigenvalue weighted by molar-refractivity contribution is 7.89. The van der Waals surface area contributed by atoms with Crippen molar-refractivity contribution in [3.63, 3.8) is 0 Å². The number of aromatic nitrogens is 3. The second kappa shape index (κ2) is 8.11. The molecular formula is C18H19N5O3S. The molecule has 0 aliphatic carbocycles. The summed E-state index contributed by atoms with van der Waals surface area (Å²) in [5.74, 6) is 1.50. The summed E-state index contributed by atoms with van der Waals surface area (Å²) in [6, 6.07) is 14.8.